The van der Waals surface area contributed by atoms with Crippen LogP contribution in [0.1, 0.15) is 38.2 Å². The second-order valence-corrected chi connectivity index (χ2v) is 10.3. The van der Waals surface area contributed by atoms with Crippen molar-refractivity contribution in [1.29, 1.82) is 0 Å². The Morgan fingerprint density at radius 1 is 1.00 bits per heavy atom. The minimum Gasteiger partial charge on any atom is -0.382 e. The average Bonchev–Trinajstić information content (AvgIpc) is 3.57. The van der Waals surface area contributed by atoms with Gasteiger partial charge >= 0.3 is 0 Å². The molecule has 33 heavy (non-hydrogen) atoms. The lowest BCUT2D eigenvalue weighted by Crippen LogP contribution is -2.58. The largest absolute Gasteiger partial charge is 0.382 e. The lowest BCUT2D eigenvalue weighted by Gasteiger charge is -2.50. The van der Waals surface area contributed by atoms with Crippen LogP contribution >= 0.6 is 0 Å². The van der Waals surface area contributed by atoms with Crippen LogP contribution in [0.2, 0.25) is 0 Å². The summed E-state index contributed by atoms with van der Waals surface area (Å²) >= 11 is 0. The van der Waals surface area contributed by atoms with Crippen molar-refractivity contribution in [1.82, 2.24) is 15.2 Å². The zero-order valence-electron chi connectivity index (χ0n) is 18.8. The summed E-state index contributed by atoms with van der Waals surface area (Å²) in [6, 6.07) is 21.1. The molecule has 0 radical (unpaired) electrons. The summed E-state index contributed by atoms with van der Waals surface area (Å²) in [4.78, 5) is 11.7. The highest BCUT2D eigenvalue weighted by molar-refractivity contribution is 6.05. The first-order valence-corrected chi connectivity index (χ1v) is 11.8. The summed E-state index contributed by atoms with van der Waals surface area (Å²) in [6.45, 7) is 2.32. The lowest BCUT2D eigenvalue weighted by atomic mass is 9.66. The zero-order chi connectivity index (χ0) is 22.2. The van der Waals surface area contributed by atoms with Crippen LogP contribution in [0.4, 0.5) is 0 Å². The van der Waals surface area contributed by atoms with Crippen molar-refractivity contribution in [2.75, 3.05) is 0 Å². The fourth-order valence-electron chi connectivity index (χ4n) is 5.97. The van der Waals surface area contributed by atoms with E-state index in [1.165, 1.54) is 25.7 Å². The van der Waals surface area contributed by atoms with Crippen molar-refractivity contribution in [2.24, 2.45) is 22.1 Å². The van der Waals surface area contributed by atoms with Gasteiger partial charge in [-0.15, -0.1) is 0 Å². The number of pyridine rings is 1. The van der Waals surface area contributed by atoms with Gasteiger partial charge in [-0.25, -0.2) is 9.98 Å². The van der Waals surface area contributed by atoms with Crippen molar-refractivity contribution >= 4 is 22.4 Å². The minimum atomic E-state index is -0.191. The van der Waals surface area contributed by atoms with Crippen LogP contribution in [0.3, 0.4) is 0 Å². The highest BCUT2D eigenvalue weighted by atomic mass is 15.4. The summed E-state index contributed by atoms with van der Waals surface area (Å²) in [6.07, 6.45) is 9.27. The van der Waals surface area contributed by atoms with Gasteiger partial charge in [0.1, 0.15) is 17.2 Å². The van der Waals surface area contributed by atoms with E-state index >= 15 is 0 Å². The van der Waals surface area contributed by atoms with E-state index in [1.807, 2.05) is 24.4 Å². The summed E-state index contributed by atoms with van der Waals surface area (Å²) in [5.41, 5.74) is 13.1. The van der Waals surface area contributed by atoms with Gasteiger partial charge in [0, 0.05) is 34.8 Å². The second-order valence-electron chi connectivity index (χ2n) is 10.3. The Morgan fingerprint density at radius 3 is 2.58 bits per heavy atom. The molecule has 2 aliphatic heterocycles. The monoisotopic (exact) mass is 433 g/mol. The van der Waals surface area contributed by atoms with E-state index in [4.69, 9.17) is 10.7 Å². The Morgan fingerprint density at radius 2 is 1.79 bits per heavy atom. The van der Waals surface area contributed by atoms with Crippen molar-refractivity contribution in [3.8, 4) is 11.3 Å². The molecule has 2 fully saturated rings. The molecule has 3 N–H and O–H groups in total. The van der Waals surface area contributed by atoms with Gasteiger partial charge in [0.25, 0.3) is 0 Å². The minimum absolute atomic E-state index is 0.191. The summed E-state index contributed by atoms with van der Waals surface area (Å²) < 4.78 is 0. The molecule has 1 spiro atoms. The number of aliphatic imine (C=N–C) groups is 1. The van der Waals surface area contributed by atoms with E-state index < -0.39 is 0 Å². The molecule has 0 amide bonds. The SMILES string of the molecule is CC1(C2CC3(CC3)C2)NC(c2ccc3ccc(-c4ccccc4)nc3c2)=C2C(N)=NC=CN21. The van der Waals surface area contributed by atoms with Crippen LogP contribution in [0, 0.1) is 11.3 Å². The maximum Gasteiger partial charge on any atom is 0.149 e. The summed E-state index contributed by atoms with van der Waals surface area (Å²) in [5, 5.41) is 5.03. The third-order valence-electron chi connectivity index (χ3n) is 8.19. The van der Waals surface area contributed by atoms with E-state index in [1.54, 1.807) is 0 Å². The number of aromatic nitrogens is 1. The Kier molecular flexibility index (Phi) is 3.71. The number of amidine groups is 1. The second kappa shape index (κ2) is 6.47. The molecule has 5 nitrogen and oxygen atoms in total. The predicted octanol–water partition coefficient (Wildman–Crippen LogP) is 5.22. The number of nitrogens with two attached hydrogens (primary N) is 1. The Labute approximate surface area is 193 Å². The van der Waals surface area contributed by atoms with Crippen LogP contribution in [0.15, 0.2) is 83.8 Å². The van der Waals surface area contributed by atoms with E-state index in [2.05, 4.69) is 70.8 Å². The van der Waals surface area contributed by atoms with Crippen LogP contribution in [0.5, 0.6) is 0 Å². The lowest BCUT2D eigenvalue weighted by molar-refractivity contribution is 0.0157. The van der Waals surface area contributed by atoms with Gasteiger partial charge in [-0.05, 0) is 50.2 Å². The van der Waals surface area contributed by atoms with Gasteiger partial charge in [0.15, 0.2) is 0 Å². The van der Waals surface area contributed by atoms with Crippen molar-refractivity contribution in [3.05, 3.63) is 84.3 Å². The molecule has 2 aliphatic carbocycles. The number of fused-ring (bicyclic) bond motifs is 2. The number of nitrogens with zero attached hydrogens (tertiary/aromatic N) is 3. The predicted molar refractivity (Wildman–Crippen MR) is 133 cm³/mol. The zero-order valence-corrected chi connectivity index (χ0v) is 18.8. The quantitative estimate of drug-likeness (QED) is 0.594. The number of nitrogens with one attached hydrogen (secondary N) is 1. The fraction of sp³-hybridized carbons (Fsp3) is 0.286. The maximum atomic E-state index is 6.45. The molecule has 5 heteroatoms. The highest BCUT2D eigenvalue weighted by Crippen LogP contribution is 2.66. The number of hydrogen-bond acceptors (Lipinski definition) is 5. The van der Waals surface area contributed by atoms with Crippen LogP contribution in [-0.4, -0.2) is 21.4 Å². The maximum absolute atomic E-state index is 6.45. The van der Waals surface area contributed by atoms with Crippen LogP contribution < -0.4 is 11.1 Å². The van der Waals surface area contributed by atoms with E-state index in [-0.39, 0.29) is 5.66 Å². The number of rotatable bonds is 3. The molecule has 7 rings (SSSR count). The number of hydrogen-bond donors (Lipinski definition) is 2. The summed E-state index contributed by atoms with van der Waals surface area (Å²) in [5.74, 6) is 1.15. The third kappa shape index (κ3) is 2.78. The summed E-state index contributed by atoms with van der Waals surface area (Å²) in [7, 11) is 0. The Hall–Kier alpha value is -3.60. The van der Waals surface area contributed by atoms with Crippen molar-refractivity contribution < 1.29 is 0 Å². The molecule has 3 heterocycles. The molecular weight excluding hydrogens is 406 g/mol. The Bertz CT molecular complexity index is 1370. The molecule has 1 aromatic heterocycles. The van der Waals surface area contributed by atoms with Gasteiger partial charge in [-0.1, -0.05) is 48.5 Å². The molecule has 164 valence electrons. The Balaban J connectivity index is 1.31. The molecule has 1 atom stereocenters. The van der Waals surface area contributed by atoms with Gasteiger partial charge in [0.05, 0.1) is 16.9 Å². The number of benzene rings is 2. The molecule has 2 aromatic carbocycles. The molecule has 0 saturated heterocycles. The first kappa shape index (κ1) is 18.9. The van der Waals surface area contributed by atoms with Gasteiger partial charge in [0.2, 0.25) is 0 Å². The van der Waals surface area contributed by atoms with Gasteiger partial charge in [-0.2, -0.15) is 0 Å². The first-order valence-electron chi connectivity index (χ1n) is 11.8. The molecule has 3 aromatic rings. The van der Waals surface area contributed by atoms with Crippen LogP contribution in [0.25, 0.3) is 27.9 Å². The van der Waals surface area contributed by atoms with E-state index in [0.717, 1.165) is 39.1 Å². The van der Waals surface area contributed by atoms with Crippen molar-refractivity contribution in [3.63, 3.8) is 0 Å². The standard InChI is InChI=1S/C28H27N5/c1-27(21-16-28(17-21)11-12-28)32-24(25-26(29)30-13-14-33(25)27)20-8-7-19-9-10-22(31-23(19)15-20)18-5-3-2-4-6-18/h2-10,13-15,21,32H,11-12,16-17H2,1H3,(H2,29,30). The highest BCUT2D eigenvalue weighted by Gasteiger charge is 2.61. The topological polar surface area (TPSA) is 66.5 Å². The molecule has 1 unspecified atom stereocenters. The average molecular weight is 434 g/mol. The van der Waals surface area contributed by atoms with Gasteiger partial charge < -0.3 is 16.0 Å². The van der Waals surface area contributed by atoms with Crippen molar-refractivity contribution in [2.45, 2.75) is 38.3 Å². The normalized spacial score (nSPS) is 25.1. The smallest absolute Gasteiger partial charge is 0.149 e. The molecule has 0 bridgehead atoms. The molecular formula is C28H27N5. The fourth-order valence-corrected chi connectivity index (χ4v) is 5.97. The van der Waals surface area contributed by atoms with Gasteiger partial charge in [-0.3, -0.25) is 0 Å². The van der Waals surface area contributed by atoms with E-state index in [0.29, 0.717) is 17.2 Å². The molecule has 2 saturated carbocycles. The first-order chi connectivity index (χ1) is 16.0. The molecule has 4 aliphatic rings. The third-order valence-corrected chi connectivity index (χ3v) is 8.19. The van der Waals surface area contributed by atoms with Crippen LogP contribution in [-0.2, 0) is 0 Å². The van der Waals surface area contributed by atoms with E-state index in [9.17, 15) is 0 Å².